The number of hydrogen-bond donors (Lipinski definition) is 1. The molecule has 0 heterocycles. The molecule has 0 aliphatic heterocycles. The summed E-state index contributed by atoms with van der Waals surface area (Å²) in [5, 5.41) is 4.27. The molecule has 2 nitrogen and oxygen atoms in total. The lowest BCUT2D eigenvalue weighted by Crippen LogP contribution is -2.42. The van der Waals surface area contributed by atoms with E-state index < -0.39 is 28.8 Å². The van der Waals surface area contributed by atoms with Gasteiger partial charge in [0.25, 0.3) is 0 Å². The monoisotopic (exact) mass is 197 g/mol. The Hall–Kier alpha value is -0.240. The third kappa shape index (κ3) is 3.10. The third-order valence-corrected chi connectivity index (χ3v) is 1.39. The highest BCUT2D eigenvalue weighted by atomic mass is 32.2. The molecule has 11 heavy (non-hydrogen) atoms. The topological polar surface area (TPSA) is 43.1 Å². The lowest BCUT2D eigenvalue weighted by atomic mass is 10.4. The van der Waals surface area contributed by atoms with E-state index in [0.717, 1.165) is 0 Å². The first-order valence-electron chi connectivity index (χ1n) is 2.24. The maximum Gasteiger partial charge on any atom is 0.454 e. The molecule has 1 unspecified atom stereocenters. The number of hydrogen-bond acceptors (Lipinski definition) is 1. The molecule has 0 saturated heterocycles. The second-order valence-electron chi connectivity index (χ2n) is 1.73. The maximum absolute atomic E-state index is 11.8. The fourth-order valence-corrected chi connectivity index (χ4v) is 0.781. The Morgan fingerprint density at radius 3 is 1.64 bits per heavy atom. The maximum atomic E-state index is 11.8. The number of halogens is 5. The van der Waals surface area contributed by atoms with Crippen LogP contribution in [0.5, 0.6) is 0 Å². The Balaban J connectivity index is 4.34. The summed E-state index contributed by atoms with van der Waals surface area (Å²) in [6.45, 7) is 0. The first-order chi connectivity index (χ1) is 4.67. The molecule has 0 aliphatic carbocycles. The largest absolute Gasteiger partial charge is 0.454 e. The molecule has 0 aromatic rings. The zero-order chi connectivity index (χ0) is 9.28. The van der Waals surface area contributed by atoms with Gasteiger partial charge in [-0.25, -0.2) is 4.21 Å². The van der Waals surface area contributed by atoms with Gasteiger partial charge in [-0.3, -0.25) is 5.14 Å². The lowest BCUT2D eigenvalue weighted by molar-refractivity contribution is -0.271. The van der Waals surface area contributed by atoms with Crippen LogP contribution in [-0.2, 0) is 11.0 Å². The summed E-state index contributed by atoms with van der Waals surface area (Å²) >= 11 is 0. The molecule has 0 aromatic carbocycles. The van der Waals surface area contributed by atoms with Crippen LogP contribution in [0.25, 0.3) is 0 Å². The Morgan fingerprint density at radius 2 is 1.55 bits per heavy atom. The standard InChI is InChI=1S/C3H4F5NOS/c4-2(5,1-11(9)10)3(6,7)8/h1,9H2. The van der Waals surface area contributed by atoms with Crippen LogP contribution in [0.2, 0.25) is 0 Å². The van der Waals surface area contributed by atoms with E-state index in [1.165, 1.54) is 0 Å². The third-order valence-electron chi connectivity index (χ3n) is 0.738. The normalized spacial score (nSPS) is 16.5. The van der Waals surface area contributed by atoms with E-state index in [1.54, 1.807) is 0 Å². The number of alkyl halides is 5. The quantitative estimate of drug-likeness (QED) is 0.654. The summed E-state index contributed by atoms with van der Waals surface area (Å²) in [7, 11) is -2.65. The molecule has 8 heteroatoms. The zero-order valence-electron chi connectivity index (χ0n) is 4.99. The van der Waals surface area contributed by atoms with Crippen LogP contribution in [0.1, 0.15) is 0 Å². The van der Waals surface area contributed by atoms with Gasteiger partial charge in [0.05, 0.1) is 11.0 Å². The van der Waals surface area contributed by atoms with Gasteiger partial charge in [-0.15, -0.1) is 0 Å². The van der Waals surface area contributed by atoms with Crippen molar-refractivity contribution in [1.29, 1.82) is 0 Å². The summed E-state index contributed by atoms with van der Waals surface area (Å²) in [4.78, 5) is 0. The molecule has 0 radical (unpaired) electrons. The van der Waals surface area contributed by atoms with Gasteiger partial charge in [-0.1, -0.05) is 0 Å². The van der Waals surface area contributed by atoms with E-state index in [2.05, 4.69) is 5.14 Å². The lowest BCUT2D eigenvalue weighted by Gasteiger charge is -2.17. The Labute approximate surface area is 61.1 Å². The van der Waals surface area contributed by atoms with E-state index in [4.69, 9.17) is 0 Å². The number of nitrogens with two attached hydrogens (primary N) is 1. The molecule has 1 atom stereocenters. The fraction of sp³-hybridized carbons (Fsp3) is 1.00. The molecule has 0 fully saturated rings. The van der Waals surface area contributed by atoms with E-state index >= 15 is 0 Å². The summed E-state index contributed by atoms with van der Waals surface area (Å²) in [6.07, 6.45) is -5.68. The molecule has 0 amide bonds. The van der Waals surface area contributed by atoms with Gasteiger partial charge in [0.1, 0.15) is 5.75 Å². The van der Waals surface area contributed by atoms with Crippen LogP contribution in [-0.4, -0.2) is 22.1 Å². The molecule has 68 valence electrons. The number of rotatable bonds is 2. The van der Waals surface area contributed by atoms with Crippen molar-refractivity contribution in [3.05, 3.63) is 0 Å². The highest BCUT2D eigenvalue weighted by Crippen LogP contribution is 2.35. The van der Waals surface area contributed by atoms with Crippen LogP contribution in [0, 0.1) is 0 Å². The second-order valence-corrected chi connectivity index (χ2v) is 2.78. The first kappa shape index (κ1) is 10.8. The van der Waals surface area contributed by atoms with Crippen LogP contribution < -0.4 is 5.14 Å². The summed E-state index contributed by atoms with van der Waals surface area (Å²) in [5.74, 6) is -6.86. The van der Waals surface area contributed by atoms with Gasteiger partial charge in [0.2, 0.25) is 0 Å². The van der Waals surface area contributed by atoms with Crippen LogP contribution >= 0.6 is 0 Å². The van der Waals surface area contributed by atoms with Gasteiger partial charge in [0, 0.05) is 0 Å². The predicted octanol–water partition coefficient (Wildman–Crippen LogP) is 0.806. The summed E-state index contributed by atoms with van der Waals surface area (Å²) in [6, 6.07) is 0. The molecule has 0 aromatic heterocycles. The molecular weight excluding hydrogens is 193 g/mol. The molecule has 0 saturated carbocycles. The highest BCUT2D eigenvalue weighted by Gasteiger charge is 2.57. The highest BCUT2D eigenvalue weighted by molar-refractivity contribution is 7.82. The van der Waals surface area contributed by atoms with E-state index in [-0.39, 0.29) is 0 Å². The van der Waals surface area contributed by atoms with Crippen molar-refractivity contribution in [3.63, 3.8) is 0 Å². The van der Waals surface area contributed by atoms with Crippen molar-refractivity contribution in [2.75, 3.05) is 5.75 Å². The van der Waals surface area contributed by atoms with E-state index in [0.29, 0.717) is 0 Å². The fourth-order valence-electron chi connectivity index (χ4n) is 0.260. The molecule has 2 N–H and O–H groups in total. The van der Waals surface area contributed by atoms with Crippen LogP contribution in [0.4, 0.5) is 22.0 Å². The van der Waals surface area contributed by atoms with Crippen molar-refractivity contribution in [2.24, 2.45) is 5.14 Å². The van der Waals surface area contributed by atoms with Gasteiger partial charge in [-0.2, -0.15) is 22.0 Å². The average Bonchev–Trinajstić information content (AvgIpc) is 1.56. The van der Waals surface area contributed by atoms with Gasteiger partial charge >= 0.3 is 12.1 Å². The van der Waals surface area contributed by atoms with Gasteiger partial charge < -0.3 is 0 Å². The Kier molecular flexibility index (Phi) is 2.95. The molecule has 0 aliphatic rings. The molecule has 0 spiro atoms. The van der Waals surface area contributed by atoms with Crippen LogP contribution in [0.15, 0.2) is 0 Å². The van der Waals surface area contributed by atoms with Gasteiger partial charge in [-0.05, 0) is 0 Å². The average molecular weight is 197 g/mol. The summed E-state index contributed by atoms with van der Waals surface area (Å²) < 4.78 is 67.1. The SMILES string of the molecule is NS(=O)CC(F)(F)C(F)(F)F. The van der Waals surface area contributed by atoms with Crippen molar-refractivity contribution in [1.82, 2.24) is 0 Å². The molecular formula is C3H4F5NOS. The molecule has 0 rings (SSSR count). The minimum Gasteiger partial charge on any atom is -0.252 e. The summed E-state index contributed by atoms with van der Waals surface area (Å²) in [5.41, 5.74) is 0. The minimum absolute atomic E-state index is 1.89. The van der Waals surface area contributed by atoms with E-state index in [1.807, 2.05) is 0 Å². The second kappa shape index (κ2) is 3.02. The van der Waals surface area contributed by atoms with Crippen molar-refractivity contribution >= 4 is 11.0 Å². The van der Waals surface area contributed by atoms with Crippen molar-refractivity contribution in [2.45, 2.75) is 12.1 Å². The van der Waals surface area contributed by atoms with Crippen molar-refractivity contribution < 1.29 is 26.2 Å². The Bertz CT molecular complexity index is 166. The minimum atomic E-state index is -5.68. The van der Waals surface area contributed by atoms with Crippen molar-refractivity contribution in [3.8, 4) is 0 Å². The van der Waals surface area contributed by atoms with Crippen LogP contribution in [0.3, 0.4) is 0 Å². The smallest absolute Gasteiger partial charge is 0.252 e. The molecule has 0 bridgehead atoms. The van der Waals surface area contributed by atoms with E-state index in [9.17, 15) is 26.2 Å². The zero-order valence-corrected chi connectivity index (χ0v) is 5.81. The first-order valence-corrected chi connectivity index (χ1v) is 3.62. The predicted molar refractivity (Wildman–Crippen MR) is 28.2 cm³/mol. The van der Waals surface area contributed by atoms with Gasteiger partial charge in [0.15, 0.2) is 0 Å². The Morgan fingerprint density at radius 1 is 1.18 bits per heavy atom.